The van der Waals surface area contributed by atoms with Gasteiger partial charge in [-0.15, -0.1) is 0 Å². The number of sulfonamides is 1. The molecule has 0 amide bonds. The van der Waals surface area contributed by atoms with Crippen LogP contribution in [0.15, 0.2) is 35.5 Å². The van der Waals surface area contributed by atoms with Crippen molar-refractivity contribution in [3.05, 3.63) is 46.2 Å². The van der Waals surface area contributed by atoms with Crippen molar-refractivity contribution in [1.82, 2.24) is 14.7 Å². The molecule has 1 fully saturated rings. The molecule has 0 bridgehead atoms. The number of halogens is 2. The maximum absolute atomic E-state index is 12.6. The summed E-state index contributed by atoms with van der Waals surface area (Å²) in [5.74, 6) is 0. The van der Waals surface area contributed by atoms with Crippen molar-refractivity contribution >= 4 is 33.2 Å². The molecule has 26 heavy (non-hydrogen) atoms. The fourth-order valence-corrected chi connectivity index (χ4v) is 4.87. The van der Waals surface area contributed by atoms with Crippen LogP contribution in [0.4, 0.5) is 0 Å². The molecule has 0 unspecified atom stereocenters. The first kappa shape index (κ1) is 19.4. The average Bonchev–Trinajstić information content (AvgIpc) is 2.60. The van der Waals surface area contributed by atoms with Gasteiger partial charge in [0.25, 0.3) is 0 Å². The van der Waals surface area contributed by atoms with E-state index in [2.05, 4.69) is 14.7 Å². The van der Waals surface area contributed by atoms with E-state index in [1.54, 1.807) is 25.1 Å². The van der Waals surface area contributed by atoms with E-state index in [-0.39, 0.29) is 23.1 Å². The maximum atomic E-state index is 12.6. The lowest BCUT2D eigenvalue weighted by Gasteiger charge is -2.28. The Bertz CT molecular complexity index is 867. The molecule has 1 saturated carbocycles. The largest absolute Gasteiger partial charge is 0.460 e. The second kappa shape index (κ2) is 8.08. The third-order valence-corrected chi connectivity index (χ3v) is 6.64. The fraction of sp³-hybridized carbons (Fsp3) is 0.412. The Kier molecular flexibility index (Phi) is 6.02. The zero-order chi connectivity index (χ0) is 18.7. The summed E-state index contributed by atoms with van der Waals surface area (Å²) in [5.41, 5.74) is 0.554. The summed E-state index contributed by atoms with van der Waals surface area (Å²) >= 11 is 11.8. The second-order valence-corrected chi connectivity index (χ2v) is 8.79. The van der Waals surface area contributed by atoms with E-state index in [9.17, 15) is 8.42 Å². The molecule has 3 rings (SSSR count). The minimum absolute atomic E-state index is 0.0372. The molecule has 0 radical (unpaired) electrons. The lowest BCUT2D eigenvalue weighted by molar-refractivity contribution is 0.132. The first-order valence-electron chi connectivity index (χ1n) is 8.27. The highest BCUT2D eigenvalue weighted by Gasteiger charge is 2.28. The fourth-order valence-electron chi connectivity index (χ4n) is 2.97. The molecule has 0 aliphatic heterocycles. The Morgan fingerprint density at radius 1 is 1.12 bits per heavy atom. The number of benzene rings is 1. The van der Waals surface area contributed by atoms with Crippen LogP contribution in [0.2, 0.25) is 10.0 Å². The Balaban J connectivity index is 1.58. The van der Waals surface area contributed by atoms with Crippen LogP contribution in [-0.2, 0) is 10.0 Å². The van der Waals surface area contributed by atoms with Crippen molar-refractivity contribution in [3.63, 3.8) is 0 Å². The lowest BCUT2D eigenvalue weighted by atomic mass is 9.94. The number of ether oxygens (including phenoxy) is 1. The molecule has 2 aromatic rings. The van der Waals surface area contributed by atoms with E-state index < -0.39 is 10.0 Å². The van der Waals surface area contributed by atoms with E-state index >= 15 is 0 Å². The summed E-state index contributed by atoms with van der Waals surface area (Å²) < 4.78 is 33.8. The summed E-state index contributed by atoms with van der Waals surface area (Å²) in [6.45, 7) is 1.70. The van der Waals surface area contributed by atoms with Crippen LogP contribution in [0.25, 0.3) is 0 Å². The zero-order valence-electron chi connectivity index (χ0n) is 14.2. The molecule has 0 atom stereocenters. The standard InChI is InChI=1S/C17H19Cl2N3O3S/c1-11-15(19)3-2-4-16(11)26(23,24)22-13-5-7-14(8-6-13)25-17-20-9-12(18)10-21-17/h2-4,9-10,13-14,22H,5-8H2,1H3. The van der Waals surface area contributed by atoms with Gasteiger partial charge in [0.2, 0.25) is 10.0 Å². The third kappa shape index (κ3) is 4.65. The van der Waals surface area contributed by atoms with Gasteiger partial charge in [-0.3, -0.25) is 0 Å². The Labute approximate surface area is 163 Å². The molecule has 6 nitrogen and oxygen atoms in total. The number of nitrogens with one attached hydrogen (secondary N) is 1. The van der Waals surface area contributed by atoms with E-state index in [0.29, 0.717) is 41.3 Å². The van der Waals surface area contributed by atoms with Gasteiger partial charge in [0, 0.05) is 11.1 Å². The van der Waals surface area contributed by atoms with Crippen LogP contribution in [0.5, 0.6) is 6.01 Å². The molecular weight excluding hydrogens is 397 g/mol. The molecule has 1 aromatic carbocycles. The minimum Gasteiger partial charge on any atom is -0.460 e. The van der Waals surface area contributed by atoms with Gasteiger partial charge in [0.05, 0.1) is 22.3 Å². The van der Waals surface area contributed by atoms with E-state index in [1.165, 1.54) is 12.4 Å². The molecule has 0 spiro atoms. The first-order valence-corrected chi connectivity index (χ1v) is 10.5. The predicted molar refractivity (Wildman–Crippen MR) is 100 cm³/mol. The van der Waals surface area contributed by atoms with Gasteiger partial charge in [-0.25, -0.2) is 23.1 Å². The summed E-state index contributed by atoms with van der Waals surface area (Å²) in [4.78, 5) is 8.26. The van der Waals surface area contributed by atoms with Crippen molar-refractivity contribution in [3.8, 4) is 6.01 Å². The van der Waals surface area contributed by atoms with Crippen molar-refractivity contribution < 1.29 is 13.2 Å². The lowest BCUT2D eigenvalue weighted by Crippen LogP contribution is -2.40. The number of hydrogen-bond donors (Lipinski definition) is 1. The van der Waals surface area contributed by atoms with Crippen molar-refractivity contribution in [2.24, 2.45) is 0 Å². The third-order valence-electron chi connectivity index (χ3n) is 4.37. The smallest absolute Gasteiger partial charge is 0.316 e. The highest BCUT2D eigenvalue weighted by Crippen LogP contribution is 2.26. The van der Waals surface area contributed by atoms with Crippen molar-refractivity contribution in [2.75, 3.05) is 0 Å². The van der Waals surface area contributed by atoms with Crippen LogP contribution in [-0.4, -0.2) is 30.5 Å². The van der Waals surface area contributed by atoms with Gasteiger partial charge in [0.1, 0.15) is 6.10 Å². The Morgan fingerprint density at radius 3 is 2.42 bits per heavy atom. The van der Waals surface area contributed by atoms with E-state index in [4.69, 9.17) is 27.9 Å². The summed E-state index contributed by atoms with van der Waals surface area (Å²) in [5, 5.41) is 0.889. The molecular formula is C17H19Cl2N3O3S. The van der Waals surface area contributed by atoms with Crippen LogP contribution in [0.1, 0.15) is 31.2 Å². The van der Waals surface area contributed by atoms with Gasteiger partial charge < -0.3 is 4.74 Å². The molecule has 9 heteroatoms. The number of hydrogen-bond acceptors (Lipinski definition) is 5. The topological polar surface area (TPSA) is 81.2 Å². The van der Waals surface area contributed by atoms with E-state index in [0.717, 1.165) is 0 Å². The van der Waals surface area contributed by atoms with Gasteiger partial charge >= 0.3 is 6.01 Å². The average molecular weight is 416 g/mol. The molecule has 0 saturated heterocycles. The molecule has 1 heterocycles. The first-order chi connectivity index (χ1) is 12.3. The van der Waals surface area contributed by atoms with Crippen LogP contribution in [0.3, 0.4) is 0 Å². The molecule has 140 valence electrons. The highest BCUT2D eigenvalue weighted by atomic mass is 35.5. The normalized spacial score (nSPS) is 20.7. The minimum atomic E-state index is -3.61. The monoisotopic (exact) mass is 415 g/mol. The Morgan fingerprint density at radius 2 is 1.77 bits per heavy atom. The molecule has 1 aliphatic carbocycles. The van der Waals surface area contributed by atoms with Crippen LogP contribution in [0, 0.1) is 6.92 Å². The van der Waals surface area contributed by atoms with Gasteiger partial charge in [0.15, 0.2) is 0 Å². The summed E-state index contributed by atoms with van der Waals surface area (Å²) in [6.07, 6.45) is 5.72. The molecule has 1 aromatic heterocycles. The zero-order valence-corrected chi connectivity index (χ0v) is 16.5. The number of rotatable bonds is 5. The van der Waals surface area contributed by atoms with E-state index in [1.807, 2.05) is 0 Å². The van der Waals surface area contributed by atoms with Gasteiger partial charge in [-0.2, -0.15) is 0 Å². The van der Waals surface area contributed by atoms with Crippen LogP contribution >= 0.6 is 23.2 Å². The predicted octanol–water partition coefficient (Wildman–Crippen LogP) is 3.76. The van der Waals surface area contributed by atoms with Crippen LogP contribution < -0.4 is 9.46 Å². The SMILES string of the molecule is Cc1c(Cl)cccc1S(=O)(=O)NC1CCC(Oc2ncc(Cl)cn2)CC1. The number of nitrogens with zero attached hydrogens (tertiary/aromatic N) is 2. The van der Waals surface area contributed by atoms with Crippen molar-refractivity contribution in [1.29, 1.82) is 0 Å². The quantitative estimate of drug-likeness (QED) is 0.803. The molecule has 1 aliphatic rings. The Hall–Kier alpha value is -1.41. The number of aromatic nitrogens is 2. The van der Waals surface area contributed by atoms with Gasteiger partial charge in [-0.1, -0.05) is 29.3 Å². The second-order valence-electron chi connectivity index (χ2n) is 6.26. The molecule has 1 N–H and O–H groups in total. The highest BCUT2D eigenvalue weighted by molar-refractivity contribution is 7.89. The van der Waals surface area contributed by atoms with Crippen molar-refractivity contribution in [2.45, 2.75) is 49.6 Å². The summed E-state index contributed by atoms with van der Waals surface area (Å²) in [7, 11) is -3.61. The summed E-state index contributed by atoms with van der Waals surface area (Å²) in [6, 6.07) is 5.03. The maximum Gasteiger partial charge on any atom is 0.316 e. The van der Waals surface area contributed by atoms with Gasteiger partial charge in [-0.05, 0) is 50.3 Å².